The van der Waals surface area contributed by atoms with Crippen molar-refractivity contribution >= 4 is 33.0 Å². The van der Waals surface area contributed by atoms with E-state index in [1.807, 2.05) is 24.3 Å². The highest BCUT2D eigenvalue weighted by atomic mass is 32.2. The zero-order valence-corrected chi connectivity index (χ0v) is 17.8. The number of carbonyl (C=O) groups is 1. The van der Waals surface area contributed by atoms with E-state index in [4.69, 9.17) is 4.74 Å². The lowest BCUT2D eigenvalue weighted by Crippen LogP contribution is -2.35. The largest absolute Gasteiger partial charge is 0.379 e. The number of thiophene rings is 1. The van der Waals surface area contributed by atoms with Crippen LogP contribution in [0.5, 0.6) is 0 Å². The molecule has 0 aliphatic carbocycles. The molecule has 1 aromatic carbocycles. The maximum atomic E-state index is 12.9. The molecule has 1 N–H and O–H groups in total. The fourth-order valence-electron chi connectivity index (χ4n) is 3.69. The molecule has 156 valence electrons. The average molecular weight is 436 g/mol. The van der Waals surface area contributed by atoms with Gasteiger partial charge in [0.1, 0.15) is 9.77 Å². The third-order valence-electron chi connectivity index (χ3n) is 5.21. The summed E-state index contributed by atoms with van der Waals surface area (Å²) in [4.78, 5) is 15.5. The van der Waals surface area contributed by atoms with Crippen LogP contribution >= 0.6 is 11.3 Å². The van der Waals surface area contributed by atoms with Crippen LogP contribution in [0.15, 0.2) is 40.6 Å². The van der Waals surface area contributed by atoms with Crippen LogP contribution in [0.2, 0.25) is 0 Å². The molecule has 0 spiro atoms. The van der Waals surface area contributed by atoms with Gasteiger partial charge in [0.05, 0.1) is 13.2 Å². The number of rotatable bonds is 6. The van der Waals surface area contributed by atoms with Gasteiger partial charge in [-0.2, -0.15) is 4.31 Å². The Morgan fingerprint density at radius 1 is 1.10 bits per heavy atom. The molecule has 0 atom stereocenters. The molecular weight excluding hydrogens is 410 g/mol. The van der Waals surface area contributed by atoms with Crippen molar-refractivity contribution in [3.8, 4) is 0 Å². The monoisotopic (exact) mass is 435 g/mol. The standard InChI is InChI=1S/C20H25N3O4S2/c24-20(19-18(6-13-28-19)29(25,26)23-7-1-2-8-23)21-17-5-3-4-16(14-17)15-22-9-11-27-12-10-22/h3-6,13-14H,1-2,7-12,15H2,(H,21,24). The lowest BCUT2D eigenvalue weighted by atomic mass is 10.2. The van der Waals surface area contributed by atoms with Crippen molar-refractivity contribution in [2.24, 2.45) is 0 Å². The maximum absolute atomic E-state index is 12.9. The molecule has 1 aromatic heterocycles. The van der Waals surface area contributed by atoms with Gasteiger partial charge in [-0.15, -0.1) is 11.3 Å². The van der Waals surface area contributed by atoms with Gasteiger partial charge < -0.3 is 10.1 Å². The number of amides is 1. The summed E-state index contributed by atoms with van der Waals surface area (Å²) in [7, 11) is -3.63. The summed E-state index contributed by atoms with van der Waals surface area (Å²) in [6.45, 7) is 5.09. The van der Waals surface area contributed by atoms with Crippen LogP contribution in [0.3, 0.4) is 0 Å². The Balaban J connectivity index is 1.48. The Morgan fingerprint density at radius 3 is 2.62 bits per heavy atom. The van der Waals surface area contributed by atoms with Crippen molar-refractivity contribution in [2.45, 2.75) is 24.3 Å². The second-order valence-electron chi connectivity index (χ2n) is 7.27. The fraction of sp³-hybridized carbons (Fsp3) is 0.450. The molecule has 2 aliphatic rings. The minimum Gasteiger partial charge on any atom is -0.379 e. The number of nitrogens with one attached hydrogen (secondary N) is 1. The van der Waals surface area contributed by atoms with E-state index in [1.165, 1.54) is 10.4 Å². The van der Waals surface area contributed by atoms with Gasteiger partial charge in [-0.25, -0.2) is 8.42 Å². The normalized spacial score (nSPS) is 18.8. The molecule has 2 saturated heterocycles. The van der Waals surface area contributed by atoms with Crippen LogP contribution in [0.1, 0.15) is 28.1 Å². The van der Waals surface area contributed by atoms with E-state index < -0.39 is 10.0 Å². The molecule has 2 aromatic rings. The first-order valence-electron chi connectivity index (χ1n) is 9.82. The van der Waals surface area contributed by atoms with Gasteiger partial charge in [-0.05, 0) is 42.0 Å². The number of anilines is 1. The molecule has 2 fully saturated rings. The Kier molecular flexibility index (Phi) is 6.31. The van der Waals surface area contributed by atoms with Crippen LogP contribution < -0.4 is 5.32 Å². The number of benzene rings is 1. The van der Waals surface area contributed by atoms with Crippen LogP contribution in [0, 0.1) is 0 Å². The highest BCUT2D eigenvalue weighted by Gasteiger charge is 2.31. The van der Waals surface area contributed by atoms with E-state index >= 15 is 0 Å². The van der Waals surface area contributed by atoms with E-state index in [0.717, 1.165) is 62.6 Å². The molecular formula is C20H25N3O4S2. The highest BCUT2D eigenvalue weighted by molar-refractivity contribution is 7.89. The van der Waals surface area contributed by atoms with Crippen molar-refractivity contribution in [3.63, 3.8) is 0 Å². The lowest BCUT2D eigenvalue weighted by Gasteiger charge is -2.26. The molecule has 0 saturated carbocycles. The molecule has 7 nitrogen and oxygen atoms in total. The fourth-order valence-corrected chi connectivity index (χ4v) is 6.50. The minimum atomic E-state index is -3.63. The molecule has 2 aliphatic heterocycles. The quantitative estimate of drug-likeness (QED) is 0.755. The number of nitrogens with zero attached hydrogens (tertiary/aromatic N) is 2. The zero-order chi connectivity index (χ0) is 20.3. The van der Waals surface area contributed by atoms with Gasteiger partial charge in [0.25, 0.3) is 5.91 Å². The molecule has 4 rings (SSSR count). The predicted octanol–water partition coefficient (Wildman–Crippen LogP) is 2.62. The topological polar surface area (TPSA) is 79.0 Å². The third kappa shape index (κ3) is 4.70. The van der Waals surface area contributed by atoms with Crippen LogP contribution in [-0.4, -0.2) is 62.9 Å². The number of ether oxygens (including phenoxy) is 1. The van der Waals surface area contributed by atoms with E-state index in [9.17, 15) is 13.2 Å². The Morgan fingerprint density at radius 2 is 1.86 bits per heavy atom. The number of hydrogen-bond acceptors (Lipinski definition) is 6. The third-order valence-corrected chi connectivity index (χ3v) is 8.20. The highest BCUT2D eigenvalue weighted by Crippen LogP contribution is 2.28. The van der Waals surface area contributed by atoms with Gasteiger partial charge >= 0.3 is 0 Å². The first-order chi connectivity index (χ1) is 14.0. The molecule has 1 amide bonds. The Hall–Kier alpha value is -1.78. The van der Waals surface area contributed by atoms with Crippen molar-refractivity contribution in [3.05, 3.63) is 46.2 Å². The number of sulfonamides is 1. The van der Waals surface area contributed by atoms with Crippen molar-refractivity contribution in [1.82, 2.24) is 9.21 Å². The predicted molar refractivity (Wildman–Crippen MR) is 113 cm³/mol. The molecule has 0 radical (unpaired) electrons. The van der Waals surface area contributed by atoms with Crippen molar-refractivity contribution < 1.29 is 17.9 Å². The lowest BCUT2D eigenvalue weighted by molar-refractivity contribution is 0.0342. The molecule has 29 heavy (non-hydrogen) atoms. The molecule has 0 bridgehead atoms. The minimum absolute atomic E-state index is 0.103. The van der Waals surface area contributed by atoms with E-state index in [0.29, 0.717) is 18.8 Å². The average Bonchev–Trinajstić information content (AvgIpc) is 3.42. The summed E-state index contributed by atoms with van der Waals surface area (Å²) in [5.74, 6) is -0.388. The Bertz CT molecular complexity index is 962. The van der Waals surface area contributed by atoms with Crippen LogP contribution in [-0.2, 0) is 21.3 Å². The second kappa shape index (κ2) is 8.93. The van der Waals surface area contributed by atoms with Gasteiger partial charge in [-0.1, -0.05) is 12.1 Å². The zero-order valence-electron chi connectivity index (χ0n) is 16.2. The summed E-state index contributed by atoms with van der Waals surface area (Å²) in [6, 6.07) is 9.22. The molecule has 3 heterocycles. The SMILES string of the molecule is O=C(Nc1cccc(CN2CCOCC2)c1)c1sccc1S(=O)(=O)N1CCCC1. The van der Waals surface area contributed by atoms with Gasteiger partial charge in [-0.3, -0.25) is 9.69 Å². The summed E-state index contributed by atoms with van der Waals surface area (Å²) < 4.78 is 32.6. The van der Waals surface area contributed by atoms with Crippen molar-refractivity contribution in [2.75, 3.05) is 44.7 Å². The summed E-state index contributed by atoms with van der Waals surface area (Å²) in [5.41, 5.74) is 1.76. The molecule has 0 unspecified atom stereocenters. The molecule has 9 heteroatoms. The number of hydrogen-bond donors (Lipinski definition) is 1. The maximum Gasteiger partial charge on any atom is 0.267 e. The summed E-state index contributed by atoms with van der Waals surface area (Å²) in [6.07, 6.45) is 1.72. The van der Waals surface area contributed by atoms with Gasteiger partial charge in [0.15, 0.2) is 0 Å². The first kappa shape index (κ1) is 20.5. The number of morpholine rings is 1. The van der Waals surface area contributed by atoms with E-state index in [-0.39, 0.29) is 15.7 Å². The van der Waals surface area contributed by atoms with Gasteiger partial charge in [0, 0.05) is 38.4 Å². The Labute approximate surface area is 175 Å². The summed E-state index contributed by atoms with van der Waals surface area (Å²) >= 11 is 1.16. The van der Waals surface area contributed by atoms with E-state index in [2.05, 4.69) is 10.2 Å². The van der Waals surface area contributed by atoms with Crippen LogP contribution in [0.4, 0.5) is 5.69 Å². The van der Waals surface area contributed by atoms with Crippen molar-refractivity contribution in [1.29, 1.82) is 0 Å². The van der Waals surface area contributed by atoms with E-state index in [1.54, 1.807) is 5.38 Å². The second-order valence-corrected chi connectivity index (χ2v) is 10.1. The first-order valence-corrected chi connectivity index (χ1v) is 12.1. The smallest absolute Gasteiger partial charge is 0.267 e. The van der Waals surface area contributed by atoms with Gasteiger partial charge in [0.2, 0.25) is 10.0 Å². The number of carbonyl (C=O) groups excluding carboxylic acids is 1. The van der Waals surface area contributed by atoms with Crippen LogP contribution in [0.25, 0.3) is 0 Å². The summed E-state index contributed by atoms with van der Waals surface area (Å²) in [5, 5.41) is 4.53.